The number of anilines is 1. The molecule has 1 aromatic heterocycles. The highest BCUT2D eigenvalue weighted by molar-refractivity contribution is 5.68. The number of amides is 1. The SMILES string of the molecule is CC(C)(C)OC(=O)NC1CCN(c2cc(C#N)ccn2)CC1. The number of hydrogen-bond donors (Lipinski definition) is 1. The normalized spacial score (nSPS) is 16.0. The van der Waals surface area contributed by atoms with E-state index in [0.29, 0.717) is 5.56 Å². The Morgan fingerprint density at radius 3 is 2.73 bits per heavy atom. The van der Waals surface area contributed by atoms with Gasteiger partial charge in [-0.15, -0.1) is 0 Å². The zero-order valence-electron chi connectivity index (χ0n) is 13.3. The minimum atomic E-state index is -0.480. The maximum atomic E-state index is 11.8. The third-order valence-corrected chi connectivity index (χ3v) is 3.41. The second-order valence-corrected chi connectivity index (χ2v) is 6.42. The molecule has 0 aliphatic carbocycles. The van der Waals surface area contributed by atoms with Crippen molar-refractivity contribution in [2.45, 2.75) is 45.3 Å². The van der Waals surface area contributed by atoms with Crippen LogP contribution in [0, 0.1) is 11.3 Å². The molecule has 2 rings (SSSR count). The molecule has 1 fully saturated rings. The molecule has 1 aliphatic heterocycles. The number of pyridine rings is 1. The van der Waals surface area contributed by atoms with Gasteiger partial charge in [0.1, 0.15) is 11.4 Å². The van der Waals surface area contributed by atoms with Crippen molar-refractivity contribution in [3.05, 3.63) is 23.9 Å². The molecule has 2 heterocycles. The second-order valence-electron chi connectivity index (χ2n) is 6.42. The van der Waals surface area contributed by atoms with Gasteiger partial charge in [-0.3, -0.25) is 0 Å². The summed E-state index contributed by atoms with van der Waals surface area (Å²) in [5.41, 5.74) is 0.130. The van der Waals surface area contributed by atoms with Crippen LogP contribution in [0.1, 0.15) is 39.2 Å². The van der Waals surface area contributed by atoms with Crippen LogP contribution in [-0.2, 0) is 4.74 Å². The molecular formula is C16H22N4O2. The minimum absolute atomic E-state index is 0.116. The summed E-state index contributed by atoms with van der Waals surface area (Å²) in [7, 11) is 0. The van der Waals surface area contributed by atoms with Gasteiger partial charge in [-0.25, -0.2) is 9.78 Å². The molecule has 0 radical (unpaired) electrons. The zero-order valence-corrected chi connectivity index (χ0v) is 13.3. The Bertz CT molecular complexity index is 566. The summed E-state index contributed by atoms with van der Waals surface area (Å²) in [5.74, 6) is 0.815. The van der Waals surface area contributed by atoms with Crippen molar-refractivity contribution in [3.63, 3.8) is 0 Å². The molecule has 118 valence electrons. The number of nitrogens with one attached hydrogen (secondary N) is 1. The van der Waals surface area contributed by atoms with Gasteiger partial charge >= 0.3 is 6.09 Å². The highest BCUT2D eigenvalue weighted by atomic mass is 16.6. The van der Waals surface area contributed by atoms with Crippen molar-refractivity contribution in [1.82, 2.24) is 10.3 Å². The fraction of sp³-hybridized carbons (Fsp3) is 0.562. The first-order chi connectivity index (χ1) is 10.4. The highest BCUT2D eigenvalue weighted by Gasteiger charge is 2.24. The number of aromatic nitrogens is 1. The standard InChI is InChI=1S/C16H22N4O2/c1-16(2,3)22-15(21)19-13-5-8-20(9-6-13)14-10-12(11-17)4-7-18-14/h4,7,10,13H,5-6,8-9H2,1-3H3,(H,19,21). The lowest BCUT2D eigenvalue weighted by Crippen LogP contribution is -2.46. The third kappa shape index (κ3) is 4.62. The predicted molar refractivity (Wildman–Crippen MR) is 83.6 cm³/mol. The Kier molecular flexibility index (Phi) is 4.86. The van der Waals surface area contributed by atoms with Crippen molar-refractivity contribution in [2.24, 2.45) is 0 Å². The molecular weight excluding hydrogens is 280 g/mol. The molecule has 22 heavy (non-hydrogen) atoms. The van der Waals surface area contributed by atoms with E-state index in [1.807, 2.05) is 20.8 Å². The van der Waals surface area contributed by atoms with E-state index in [1.54, 1.807) is 18.3 Å². The van der Waals surface area contributed by atoms with Crippen LogP contribution in [-0.4, -0.2) is 35.8 Å². The average molecular weight is 302 g/mol. The number of carbonyl (C=O) groups excluding carboxylic acids is 1. The summed E-state index contributed by atoms with van der Waals surface area (Å²) in [4.78, 5) is 18.2. The molecule has 0 spiro atoms. The molecule has 0 bridgehead atoms. The maximum absolute atomic E-state index is 11.8. The van der Waals surface area contributed by atoms with Crippen LogP contribution in [0.3, 0.4) is 0 Å². The first kappa shape index (κ1) is 16.1. The monoisotopic (exact) mass is 302 g/mol. The van der Waals surface area contributed by atoms with Crippen LogP contribution in [0.25, 0.3) is 0 Å². The average Bonchev–Trinajstić information content (AvgIpc) is 2.46. The summed E-state index contributed by atoms with van der Waals surface area (Å²) in [5, 5.41) is 11.8. The molecule has 0 atom stereocenters. The van der Waals surface area contributed by atoms with Crippen LogP contribution in [0.5, 0.6) is 0 Å². The zero-order chi connectivity index (χ0) is 16.2. The molecule has 1 amide bonds. The lowest BCUT2D eigenvalue weighted by molar-refractivity contribution is 0.0497. The fourth-order valence-electron chi connectivity index (χ4n) is 2.39. The van der Waals surface area contributed by atoms with Crippen LogP contribution in [0.4, 0.5) is 10.6 Å². The topological polar surface area (TPSA) is 78.2 Å². The molecule has 1 aromatic rings. The van der Waals surface area contributed by atoms with Crippen molar-refractivity contribution in [3.8, 4) is 6.07 Å². The predicted octanol–water partition coefficient (Wildman–Crippen LogP) is 2.45. The number of nitriles is 1. The molecule has 0 aromatic carbocycles. The molecule has 1 N–H and O–H groups in total. The molecule has 0 unspecified atom stereocenters. The van der Waals surface area contributed by atoms with Gasteiger partial charge in [0.05, 0.1) is 11.6 Å². The number of carbonyl (C=O) groups is 1. The summed E-state index contributed by atoms with van der Waals surface area (Å²) >= 11 is 0. The number of piperidine rings is 1. The Balaban J connectivity index is 1.85. The minimum Gasteiger partial charge on any atom is -0.444 e. The van der Waals surface area contributed by atoms with Crippen molar-refractivity contribution in [1.29, 1.82) is 5.26 Å². The Morgan fingerprint density at radius 1 is 1.45 bits per heavy atom. The van der Waals surface area contributed by atoms with Gasteiger partial charge < -0.3 is 15.0 Å². The van der Waals surface area contributed by atoms with E-state index in [4.69, 9.17) is 10.00 Å². The lowest BCUT2D eigenvalue weighted by Gasteiger charge is -2.33. The van der Waals surface area contributed by atoms with E-state index in [0.717, 1.165) is 31.7 Å². The molecule has 6 nitrogen and oxygen atoms in total. The largest absolute Gasteiger partial charge is 0.444 e. The van der Waals surface area contributed by atoms with Gasteiger partial charge in [0.25, 0.3) is 0 Å². The van der Waals surface area contributed by atoms with Gasteiger partial charge in [-0.2, -0.15) is 5.26 Å². The summed E-state index contributed by atoms with van der Waals surface area (Å²) < 4.78 is 5.27. The van der Waals surface area contributed by atoms with E-state index >= 15 is 0 Å². The van der Waals surface area contributed by atoms with E-state index < -0.39 is 5.60 Å². The molecule has 1 saturated heterocycles. The Hall–Kier alpha value is -2.29. The van der Waals surface area contributed by atoms with Gasteiger partial charge in [0.2, 0.25) is 0 Å². The number of ether oxygens (including phenoxy) is 1. The number of alkyl carbamates (subject to hydrolysis) is 1. The van der Waals surface area contributed by atoms with Crippen molar-refractivity contribution in [2.75, 3.05) is 18.0 Å². The third-order valence-electron chi connectivity index (χ3n) is 3.41. The van der Waals surface area contributed by atoms with Crippen LogP contribution in [0.15, 0.2) is 18.3 Å². The van der Waals surface area contributed by atoms with E-state index in [9.17, 15) is 4.79 Å². The van der Waals surface area contributed by atoms with Gasteiger partial charge in [-0.1, -0.05) is 0 Å². The van der Waals surface area contributed by atoms with Crippen LogP contribution < -0.4 is 10.2 Å². The summed E-state index contributed by atoms with van der Waals surface area (Å²) in [6.07, 6.45) is 2.95. The van der Waals surface area contributed by atoms with E-state index in [1.165, 1.54) is 0 Å². The molecule has 0 saturated carbocycles. The van der Waals surface area contributed by atoms with Crippen molar-refractivity contribution >= 4 is 11.9 Å². The quantitative estimate of drug-likeness (QED) is 0.908. The van der Waals surface area contributed by atoms with E-state index in [2.05, 4.69) is 21.3 Å². The van der Waals surface area contributed by atoms with Gasteiger partial charge in [0.15, 0.2) is 0 Å². The number of hydrogen-bond acceptors (Lipinski definition) is 5. The fourth-order valence-corrected chi connectivity index (χ4v) is 2.39. The van der Waals surface area contributed by atoms with Crippen molar-refractivity contribution < 1.29 is 9.53 Å². The Morgan fingerprint density at radius 2 is 2.14 bits per heavy atom. The number of rotatable bonds is 2. The van der Waals surface area contributed by atoms with E-state index in [-0.39, 0.29) is 12.1 Å². The van der Waals surface area contributed by atoms with Crippen LogP contribution in [0.2, 0.25) is 0 Å². The van der Waals surface area contributed by atoms with Gasteiger partial charge in [-0.05, 0) is 45.7 Å². The smallest absolute Gasteiger partial charge is 0.407 e. The first-order valence-electron chi connectivity index (χ1n) is 7.48. The molecule has 6 heteroatoms. The maximum Gasteiger partial charge on any atom is 0.407 e. The first-order valence-corrected chi connectivity index (χ1v) is 7.48. The molecule has 1 aliphatic rings. The summed E-state index contributed by atoms with van der Waals surface area (Å²) in [6, 6.07) is 5.73. The number of nitrogens with zero attached hydrogens (tertiary/aromatic N) is 3. The van der Waals surface area contributed by atoms with Gasteiger partial charge in [0, 0.05) is 25.3 Å². The highest BCUT2D eigenvalue weighted by Crippen LogP contribution is 2.19. The Labute approximate surface area is 131 Å². The second kappa shape index (κ2) is 6.65. The van der Waals surface area contributed by atoms with Crippen LogP contribution >= 0.6 is 0 Å². The summed E-state index contributed by atoms with van der Waals surface area (Å²) in [6.45, 7) is 7.14. The lowest BCUT2D eigenvalue weighted by atomic mass is 10.1.